The first-order valence-electron chi connectivity index (χ1n) is 5.54. The van der Waals surface area contributed by atoms with Gasteiger partial charge in [0.25, 0.3) is 0 Å². The van der Waals surface area contributed by atoms with Gasteiger partial charge in [0.15, 0.2) is 0 Å². The van der Waals surface area contributed by atoms with Gasteiger partial charge in [0.1, 0.15) is 11.6 Å². The number of fused-ring (bicyclic) bond motifs is 1. The predicted molar refractivity (Wildman–Crippen MR) is 68.5 cm³/mol. The first-order valence-corrected chi connectivity index (χ1v) is 5.54. The zero-order chi connectivity index (χ0) is 12.3. The molecule has 0 aliphatic heterocycles. The molecule has 0 amide bonds. The average Bonchev–Trinajstić information content (AvgIpc) is 2.38. The number of methoxy groups -OCH3 is 1. The third kappa shape index (κ3) is 2.47. The number of rotatable bonds is 4. The molecule has 0 aliphatic rings. The van der Waals surface area contributed by atoms with Gasteiger partial charge in [0, 0.05) is 17.6 Å². The van der Waals surface area contributed by atoms with Crippen molar-refractivity contribution in [1.82, 2.24) is 4.98 Å². The molecular formula is C13H16N2O2. The molecule has 1 unspecified atom stereocenters. The minimum atomic E-state index is -0.0183. The fourth-order valence-corrected chi connectivity index (χ4v) is 1.68. The molecule has 0 aliphatic carbocycles. The fourth-order valence-electron chi connectivity index (χ4n) is 1.68. The molecule has 0 saturated carbocycles. The Balaban J connectivity index is 2.43. The summed E-state index contributed by atoms with van der Waals surface area (Å²) in [6.45, 7) is 1.98. The lowest BCUT2D eigenvalue weighted by Gasteiger charge is -2.13. The Kier molecular flexibility index (Phi) is 3.44. The lowest BCUT2D eigenvalue weighted by Crippen LogP contribution is -2.20. The molecule has 4 heteroatoms. The molecule has 90 valence electrons. The molecule has 1 atom stereocenters. The van der Waals surface area contributed by atoms with Gasteiger partial charge in [-0.25, -0.2) is 4.98 Å². The van der Waals surface area contributed by atoms with Gasteiger partial charge in [0.2, 0.25) is 0 Å². The van der Waals surface area contributed by atoms with Crippen LogP contribution in [0, 0.1) is 0 Å². The van der Waals surface area contributed by atoms with Gasteiger partial charge < -0.3 is 15.2 Å². The highest BCUT2D eigenvalue weighted by Gasteiger charge is 2.06. The second-order valence-electron chi connectivity index (χ2n) is 3.97. The van der Waals surface area contributed by atoms with Crippen LogP contribution in [0.15, 0.2) is 30.5 Å². The number of aromatic nitrogens is 1. The summed E-state index contributed by atoms with van der Waals surface area (Å²) in [6.07, 6.45) is 1.74. The Morgan fingerprint density at radius 1 is 1.41 bits per heavy atom. The van der Waals surface area contributed by atoms with E-state index in [1.54, 1.807) is 13.3 Å². The van der Waals surface area contributed by atoms with Crippen molar-refractivity contribution in [3.8, 4) is 5.75 Å². The maximum atomic E-state index is 9.04. The third-order valence-corrected chi connectivity index (χ3v) is 2.63. The standard InChI is InChI=1S/C13H16N2O2/c1-9(8-16)15-13-12-4-3-11(17-2)7-10(12)5-6-14-13/h3-7,9,16H,8H2,1-2H3,(H,14,15). The van der Waals surface area contributed by atoms with Crippen molar-refractivity contribution in [3.63, 3.8) is 0 Å². The third-order valence-electron chi connectivity index (χ3n) is 2.63. The van der Waals surface area contributed by atoms with Crippen LogP contribution in [-0.2, 0) is 0 Å². The Labute approximate surface area is 100 Å². The highest BCUT2D eigenvalue weighted by Crippen LogP contribution is 2.25. The van der Waals surface area contributed by atoms with Crippen LogP contribution in [0.2, 0.25) is 0 Å². The zero-order valence-electron chi connectivity index (χ0n) is 9.97. The van der Waals surface area contributed by atoms with E-state index in [0.29, 0.717) is 0 Å². The smallest absolute Gasteiger partial charge is 0.134 e. The van der Waals surface area contributed by atoms with Crippen LogP contribution >= 0.6 is 0 Å². The lowest BCUT2D eigenvalue weighted by molar-refractivity contribution is 0.281. The molecule has 17 heavy (non-hydrogen) atoms. The quantitative estimate of drug-likeness (QED) is 0.847. The predicted octanol–water partition coefficient (Wildman–Crippen LogP) is 2.04. The summed E-state index contributed by atoms with van der Waals surface area (Å²) in [5.41, 5.74) is 0. The Bertz CT molecular complexity index is 514. The fraction of sp³-hybridized carbons (Fsp3) is 0.308. The number of benzene rings is 1. The lowest BCUT2D eigenvalue weighted by atomic mass is 10.1. The highest BCUT2D eigenvalue weighted by atomic mass is 16.5. The topological polar surface area (TPSA) is 54.4 Å². The minimum absolute atomic E-state index is 0.0183. The van der Waals surface area contributed by atoms with Crippen molar-refractivity contribution in [2.75, 3.05) is 19.0 Å². The Morgan fingerprint density at radius 3 is 2.94 bits per heavy atom. The number of anilines is 1. The van der Waals surface area contributed by atoms with Gasteiger partial charge in [0.05, 0.1) is 13.7 Å². The molecule has 0 radical (unpaired) electrons. The van der Waals surface area contributed by atoms with Crippen molar-refractivity contribution >= 4 is 16.6 Å². The van der Waals surface area contributed by atoms with Gasteiger partial charge in [-0.05, 0) is 36.6 Å². The first kappa shape index (κ1) is 11.7. The summed E-state index contributed by atoms with van der Waals surface area (Å²) in [7, 11) is 1.65. The molecular weight excluding hydrogens is 216 g/mol. The normalized spacial score (nSPS) is 12.4. The number of nitrogens with one attached hydrogen (secondary N) is 1. The van der Waals surface area contributed by atoms with Crippen LogP contribution in [0.5, 0.6) is 5.75 Å². The summed E-state index contributed by atoms with van der Waals surface area (Å²) in [5.74, 6) is 1.61. The summed E-state index contributed by atoms with van der Waals surface area (Å²) >= 11 is 0. The number of aliphatic hydroxyl groups excluding tert-OH is 1. The van der Waals surface area contributed by atoms with Crippen molar-refractivity contribution in [3.05, 3.63) is 30.5 Å². The average molecular weight is 232 g/mol. The molecule has 2 rings (SSSR count). The maximum absolute atomic E-state index is 9.04. The van der Waals surface area contributed by atoms with Gasteiger partial charge in [-0.2, -0.15) is 0 Å². The molecule has 1 heterocycles. The van der Waals surface area contributed by atoms with Crippen molar-refractivity contribution in [2.24, 2.45) is 0 Å². The molecule has 1 aromatic carbocycles. The number of aliphatic hydroxyl groups is 1. The monoisotopic (exact) mass is 232 g/mol. The van der Waals surface area contributed by atoms with E-state index in [9.17, 15) is 0 Å². The van der Waals surface area contributed by atoms with Gasteiger partial charge in [-0.3, -0.25) is 0 Å². The van der Waals surface area contributed by atoms with E-state index in [4.69, 9.17) is 9.84 Å². The molecule has 0 fully saturated rings. The van der Waals surface area contributed by atoms with E-state index >= 15 is 0 Å². The molecule has 2 N–H and O–H groups in total. The second-order valence-corrected chi connectivity index (χ2v) is 3.97. The summed E-state index contributed by atoms with van der Waals surface area (Å²) < 4.78 is 5.18. The number of ether oxygens (including phenoxy) is 1. The molecule has 0 spiro atoms. The Morgan fingerprint density at radius 2 is 2.24 bits per heavy atom. The summed E-state index contributed by atoms with van der Waals surface area (Å²) in [4.78, 5) is 4.29. The summed E-state index contributed by atoms with van der Waals surface area (Å²) in [6, 6.07) is 7.75. The van der Waals surface area contributed by atoms with E-state index < -0.39 is 0 Å². The van der Waals surface area contributed by atoms with Crippen LogP contribution in [0.25, 0.3) is 10.8 Å². The molecule has 1 aromatic heterocycles. The largest absolute Gasteiger partial charge is 0.497 e. The van der Waals surface area contributed by atoms with Gasteiger partial charge in [-0.1, -0.05) is 0 Å². The van der Waals surface area contributed by atoms with Crippen LogP contribution in [0.3, 0.4) is 0 Å². The van der Waals surface area contributed by atoms with Crippen LogP contribution in [0.1, 0.15) is 6.92 Å². The van der Waals surface area contributed by atoms with Crippen LogP contribution < -0.4 is 10.1 Å². The molecule has 4 nitrogen and oxygen atoms in total. The van der Waals surface area contributed by atoms with E-state index in [2.05, 4.69) is 10.3 Å². The Hall–Kier alpha value is -1.81. The zero-order valence-corrected chi connectivity index (χ0v) is 9.97. The SMILES string of the molecule is COc1ccc2c(NC(C)CO)nccc2c1. The highest BCUT2D eigenvalue weighted by molar-refractivity contribution is 5.92. The van der Waals surface area contributed by atoms with E-state index in [0.717, 1.165) is 22.3 Å². The number of hydrogen-bond donors (Lipinski definition) is 2. The van der Waals surface area contributed by atoms with Crippen molar-refractivity contribution < 1.29 is 9.84 Å². The van der Waals surface area contributed by atoms with E-state index in [1.165, 1.54) is 0 Å². The van der Waals surface area contributed by atoms with E-state index in [-0.39, 0.29) is 12.6 Å². The van der Waals surface area contributed by atoms with Gasteiger partial charge in [-0.15, -0.1) is 0 Å². The van der Waals surface area contributed by atoms with Crippen LogP contribution in [0.4, 0.5) is 5.82 Å². The molecule has 2 aromatic rings. The number of pyridine rings is 1. The van der Waals surface area contributed by atoms with Crippen molar-refractivity contribution in [1.29, 1.82) is 0 Å². The molecule has 0 bridgehead atoms. The maximum Gasteiger partial charge on any atom is 0.134 e. The van der Waals surface area contributed by atoms with E-state index in [1.807, 2.05) is 31.2 Å². The van der Waals surface area contributed by atoms with Crippen LogP contribution in [-0.4, -0.2) is 29.8 Å². The van der Waals surface area contributed by atoms with Gasteiger partial charge >= 0.3 is 0 Å². The van der Waals surface area contributed by atoms with Crippen molar-refractivity contribution in [2.45, 2.75) is 13.0 Å². The summed E-state index contributed by atoms with van der Waals surface area (Å²) in [5, 5.41) is 14.3. The number of nitrogens with zero attached hydrogens (tertiary/aromatic N) is 1. The molecule has 0 saturated heterocycles. The second kappa shape index (κ2) is 5.01. The first-order chi connectivity index (χ1) is 8.24. The number of hydrogen-bond acceptors (Lipinski definition) is 4. The minimum Gasteiger partial charge on any atom is -0.497 e.